The fourth-order valence-corrected chi connectivity index (χ4v) is 8.59. The third-order valence-electron chi connectivity index (χ3n) is 8.31. The molecule has 0 atom stereocenters. The van der Waals surface area contributed by atoms with E-state index >= 15 is 0 Å². The highest BCUT2D eigenvalue weighted by molar-refractivity contribution is 7.26. The Morgan fingerprint density at radius 3 is 1.85 bits per heavy atom. The molecular weight excluding hydrogens is 521 g/mol. The number of rotatable bonds is 2. The van der Waals surface area contributed by atoms with E-state index in [1.807, 2.05) is 22.7 Å². The highest BCUT2D eigenvalue weighted by atomic mass is 32.1. The second-order valence-electron chi connectivity index (χ2n) is 10.5. The van der Waals surface area contributed by atoms with Crippen molar-refractivity contribution in [2.45, 2.75) is 0 Å². The zero-order chi connectivity index (χ0) is 26.2. The molecule has 0 aliphatic rings. The quantitative estimate of drug-likeness (QED) is 0.191. The van der Waals surface area contributed by atoms with Gasteiger partial charge in [-0.1, -0.05) is 103 Å². The first-order chi connectivity index (χ1) is 19.8. The van der Waals surface area contributed by atoms with Crippen LogP contribution in [0.25, 0.3) is 84.8 Å². The van der Waals surface area contributed by atoms with Crippen molar-refractivity contribution in [1.82, 2.24) is 0 Å². The third-order valence-corrected chi connectivity index (χ3v) is 10.4. The van der Waals surface area contributed by atoms with Crippen LogP contribution in [0.15, 0.2) is 133 Å². The summed E-state index contributed by atoms with van der Waals surface area (Å²) >= 11 is 3.75. The molecule has 0 N–H and O–H groups in total. The van der Waals surface area contributed by atoms with Gasteiger partial charge in [-0.2, -0.15) is 0 Å². The van der Waals surface area contributed by atoms with E-state index in [0.717, 1.165) is 0 Å². The molecule has 0 nitrogen and oxygen atoms in total. The molecule has 0 spiro atoms. The summed E-state index contributed by atoms with van der Waals surface area (Å²) in [6.45, 7) is 0. The Hall–Kier alpha value is -4.50. The molecule has 0 bridgehead atoms. The molecule has 7 aromatic carbocycles. The van der Waals surface area contributed by atoms with Gasteiger partial charge in [-0.15, -0.1) is 22.7 Å². The lowest BCUT2D eigenvalue weighted by atomic mass is 9.85. The van der Waals surface area contributed by atoms with Crippen molar-refractivity contribution in [3.8, 4) is 22.3 Å². The van der Waals surface area contributed by atoms with Crippen LogP contribution in [0.4, 0.5) is 0 Å². The Morgan fingerprint density at radius 1 is 0.400 bits per heavy atom. The average molecular weight is 543 g/mol. The highest BCUT2D eigenvalue weighted by Crippen LogP contribution is 2.48. The van der Waals surface area contributed by atoms with E-state index in [4.69, 9.17) is 0 Å². The molecule has 2 heteroatoms. The highest BCUT2D eigenvalue weighted by Gasteiger charge is 2.19. The summed E-state index contributed by atoms with van der Waals surface area (Å²) < 4.78 is 4.08. The van der Waals surface area contributed by atoms with Gasteiger partial charge in [0.2, 0.25) is 0 Å². The molecule has 9 rings (SSSR count). The first-order valence-electron chi connectivity index (χ1n) is 13.6. The molecule has 0 saturated carbocycles. The molecule has 0 amide bonds. The number of hydrogen-bond donors (Lipinski definition) is 0. The van der Waals surface area contributed by atoms with Crippen molar-refractivity contribution in [2.75, 3.05) is 0 Å². The molecule has 40 heavy (non-hydrogen) atoms. The summed E-state index contributed by atoms with van der Waals surface area (Å²) in [6.07, 6.45) is 0. The minimum atomic E-state index is 1.26. The van der Waals surface area contributed by atoms with E-state index in [1.54, 1.807) is 0 Å². The van der Waals surface area contributed by atoms with Crippen molar-refractivity contribution in [3.63, 3.8) is 0 Å². The fraction of sp³-hybridized carbons (Fsp3) is 0. The molecule has 0 fully saturated rings. The molecule has 0 aliphatic heterocycles. The van der Waals surface area contributed by atoms with Crippen LogP contribution in [-0.4, -0.2) is 0 Å². The third kappa shape index (κ3) is 3.18. The first-order valence-corrected chi connectivity index (χ1v) is 15.3. The van der Waals surface area contributed by atoms with Crippen LogP contribution in [0.2, 0.25) is 0 Å². The smallest absolute Gasteiger partial charge is 0.0434 e. The lowest BCUT2D eigenvalue weighted by Gasteiger charge is -2.18. The zero-order valence-electron chi connectivity index (χ0n) is 21.5. The standard InChI is InChI=1S/C38H22S2/c1-2-9-24-20-26(17-16-23(24)8-1)36-27-10-3-5-12-29(27)37(30-13-6-4-11-28(30)36)32-15-7-14-31-33-22-34-25(18-19-39-34)21-35(33)40-38(31)32/h1-22H. The number of fused-ring (bicyclic) bond motifs is 7. The topological polar surface area (TPSA) is 0 Å². The SMILES string of the molecule is c1ccc2cc(-c3c4ccccc4c(-c4cccc5c4sc4cc6ccsc6cc45)c4ccccc34)ccc2c1. The normalized spacial score (nSPS) is 12.0. The lowest BCUT2D eigenvalue weighted by molar-refractivity contribution is 1.69. The molecule has 2 aromatic heterocycles. The average Bonchev–Trinajstić information content (AvgIpc) is 3.62. The predicted octanol–water partition coefficient (Wildman–Crippen LogP) is 12.1. The van der Waals surface area contributed by atoms with Gasteiger partial charge in [-0.25, -0.2) is 0 Å². The molecule has 186 valence electrons. The molecule has 9 aromatic rings. The number of hydrogen-bond acceptors (Lipinski definition) is 2. The van der Waals surface area contributed by atoms with Crippen molar-refractivity contribution in [2.24, 2.45) is 0 Å². The first kappa shape index (κ1) is 22.3. The van der Waals surface area contributed by atoms with Gasteiger partial charge in [0, 0.05) is 30.4 Å². The van der Waals surface area contributed by atoms with Crippen molar-refractivity contribution >= 4 is 85.2 Å². The number of benzene rings is 7. The Labute approximate surface area is 239 Å². The summed E-state index contributed by atoms with van der Waals surface area (Å²) in [4.78, 5) is 0. The van der Waals surface area contributed by atoms with Crippen LogP contribution >= 0.6 is 22.7 Å². The van der Waals surface area contributed by atoms with Gasteiger partial charge in [0.15, 0.2) is 0 Å². The minimum absolute atomic E-state index is 1.26. The van der Waals surface area contributed by atoms with E-state index in [2.05, 4.69) is 133 Å². The van der Waals surface area contributed by atoms with Crippen LogP contribution in [-0.2, 0) is 0 Å². The van der Waals surface area contributed by atoms with Gasteiger partial charge >= 0.3 is 0 Å². The van der Waals surface area contributed by atoms with Gasteiger partial charge < -0.3 is 0 Å². The summed E-state index contributed by atoms with van der Waals surface area (Å²) in [6, 6.07) is 47.3. The van der Waals surface area contributed by atoms with Crippen molar-refractivity contribution in [3.05, 3.63) is 133 Å². The minimum Gasteiger partial charge on any atom is -0.144 e. The largest absolute Gasteiger partial charge is 0.144 e. The van der Waals surface area contributed by atoms with Gasteiger partial charge in [-0.3, -0.25) is 0 Å². The fourth-order valence-electron chi connectivity index (χ4n) is 6.52. The number of thiophene rings is 2. The molecule has 0 unspecified atom stereocenters. The van der Waals surface area contributed by atoms with Crippen molar-refractivity contribution in [1.29, 1.82) is 0 Å². The maximum Gasteiger partial charge on any atom is 0.0434 e. The second-order valence-corrected chi connectivity index (χ2v) is 12.5. The Bertz CT molecular complexity index is 2380. The van der Waals surface area contributed by atoms with Crippen LogP contribution in [0.3, 0.4) is 0 Å². The van der Waals surface area contributed by atoms with Gasteiger partial charge in [0.05, 0.1) is 0 Å². The summed E-state index contributed by atoms with van der Waals surface area (Å²) in [5, 5.41) is 14.0. The zero-order valence-corrected chi connectivity index (χ0v) is 23.2. The van der Waals surface area contributed by atoms with Gasteiger partial charge in [0.1, 0.15) is 0 Å². The van der Waals surface area contributed by atoms with E-state index in [0.29, 0.717) is 0 Å². The van der Waals surface area contributed by atoms with Crippen LogP contribution < -0.4 is 0 Å². The van der Waals surface area contributed by atoms with Gasteiger partial charge in [-0.05, 0) is 84.0 Å². The molecule has 0 saturated heterocycles. The van der Waals surface area contributed by atoms with Crippen LogP contribution in [0, 0.1) is 0 Å². The molecular formula is C38H22S2. The van der Waals surface area contributed by atoms with E-state index in [1.165, 1.54) is 84.8 Å². The molecule has 0 aliphatic carbocycles. The molecule has 2 heterocycles. The van der Waals surface area contributed by atoms with E-state index in [-0.39, 0.29) is 0 Å². The Morgan fingerprint density at radius 2 is 1.07 bits per heavy atom. The Balaban J connectivity index is 1.41. The second kappa shape index (κ2) is 8.50. The molecule has 0 radical (unpaired) electrons. The lowest BCUT2D eigenvalue weighted by Crippen LogP contribution is -1.91. The van der Waals surface area contributed by atoms with E-state index < -0.39 is 0 Å². The predicted molar refractivity (Wildman–Crippen MR) is 178 cm³/mol. The monoisotopic (exact) mass is 542 g/mol. The van der Waals surface area contributed by atoms with Crippen LogP contribution in [0.1, 0.15) is 0 Å². The maximum atomic E-state index is 2.39. The van der Waals surface area contributed by atoms with Gasteiger partial charge in [0.25, 0.3) is 0 Å². The summed E-state index contributed by atoms with van der Waals surface area (Å²) in [5.74, 6) is 0. The van der Waals surface area contributed by atoms with Crippen LogP contribution in [0.5, 0.6) is 0 Å². The summed E-state index contributed by atoms with van der Waals surface area (Å²) in [7, 11) is 0. The Kier molecular flexibility index (Phi) is 4.74. The maximum absolute atomic E-state index is 2.39. The van der Waals surface area contributed by atoms with Crippen molar-refractivity contribution < 1.29 is 0 Å². The van der Waals surface area contributed by atoms with E-state index in [9.17, 15) is 0 Å². The summed E-state index contributed by atoms with van der Waals surface area (Å²) in [5.41, 5.74) is 5.22.